The highest BCUT2D eigenvalue weighted by Gasteiger charge is 2.11. The Hall–Kier alpha value is -0.0400. The van der Waals surface area contributed by atoms with Crippen molar-refractivity contribution in [1.82, 2.24) is 0 Å². The van der Waals surface area contributed by atoms with Crippen molar-refractivity contribution in [3.05, 3.63) is 0 Å². The van der Waals surface area contributed by atoms with Gasteiger partial charge in [-0.05, 0) is 43.4 Å². The van der Waals surface area contributed by atoms with E-state index >= 15 is 0 Å². The fraction of sp³-hybridized carbons (Fsp3) is 1.00. The second-order valence-electron chi connectivity index (χ2n) is 6.07. The Balaban J connectivity index is 3.53. The lowest BCUT2D eigenvalue weighted by Crippen LogP contribution is -2.08. The summed E-state index contributed by atoms with van der Waals surface area (Å²) in [6.07, 6.45) is 6.98. The van der Waals surface area contributed by atoms with Crippen LogP contribution in [0.5, 0.6) is 0 Å². The van der Waals surface area contributed by atoms with E-state index in [-0.39, 0.29) is 6.10 Å². The van der Waals surface area contributed by atoms with Crippen molar-refractivity contribution in [2.75, 3.05) is 0 Å². The minimum atomic E-state index is -0.0692. The maximum Gasteiger partial charge on any atom is 0.0537 e. The van der Waals surface area contributed by atoms with Crippen LogP contribution in [0.3, 0.4) is 0 Å². The molecule has 0 amide bonds. The average Bonchev–Trinajstić information content (AvgIpc) is 2.15. The lowest BCUT2D eigenvalue weighted by atomic mass is 9.88. The summed E-state index contributed by atoms with van der Waals surface area (Å²) in [6, 6.07) is 0. The topological polar surface area (TPSA) is 20.2 Å². The van der Waals surface area contributed by atoms with Crippen molar-refractivity contribution in [3.63, 3.8) is 0 Å². The Bertz CT molecular complexity index is 154. The lowest BCUT2D eigenvalue weighted by molar-refractivity contribution is 0.154. The number of hydrogen-bond acceptors (Lipinski definition) is 1. The SMILES string of the molecule is CCC(O)CCCC(C)CC(C)CC(C)C. The highest BCUT2D eigenvalue weighted by Crippen LogP contribution is 2.23. The second-order valence-corrected chi connectivity index (χ2v) is 6.07. The van der Waals surface area contributed by atoms with E-state index in [4.69, 9.17) is 0 Å². The molecule has 0 saturated heterocycles. The minimum Gasteiger partial charge on any atom is -0.393 e. The van der Waals surface area contributed by atoms with Crippen LogP contribution in [0, 0.1) is 17.8 Å². The molecule has 3 atom stereocenters. The summed E-state index contributed by atoms with van der Waals surface area (Å²) < 4.78 is 0. The van der Waals surface area contributed by atoms with Crippen LogP contribution >= 0.6 is 0 Å². The second kappa shape index (κ2) is 9.04. The van der Waals surface area contributed by atoms with Crippen molar-refractivity contribution < 1.29 is 5.11 Å². The standard InChI is InChI=1S/C15H32O/c1-6-15(16)9-7-8-13(4)11-14(5)10-12(2)3/h12-16H,6-11H2,1-5H3. The van der Waals surface area contributed by atoms with E-state index in [1.54, 1.807) is 0 Å². The van der Waals surface area contributed by atoms with Crippen molar-refractivity contribution in [3.8, 4) is 0 Å². The molecule has 98 valence electrons. The Morgan fingerprint density at radius 3 is 2.00 bits per heavy atom. The monoisotopic (exact) mass is 228 g/mol. The predicted octanol–water partition coefficient (Wildman–Crippen LogP) is 4.64. The Morgan fingerprint density at radius 1 is 0.875 bits per heavy atom. The first-order chi connectivity index (χ1) is 7.45. The van der Waals surface area contributed by atoms with E-state index in [1.165, 1.54) is 25.7 Å². The van der Waals surface area contributed by atoms with Crippen LogP contribution in [0.2, 0.25) is 0 Å². The van der Waals surface area contributed by atoms with Crippen LogP contribution in [0.4, 0.5) is 0 Å². The first-order valence-electron chi connectivity index (χ1n) is 7.13. The molecule has 3 unspecified atom stereocenters. The Morgan fingerprint density at radius 2 is 1.50 bits per heavy atom. The third kappa shape index (κ3) is 9.21. The summed E-state index contributed by atoms with van der Waals surface area (Å²) in [5, 5.41) is 9.47. The molecule has 0 saturated carbocycles. The van der Waals surface area contributed by atoms with Crippen molar-refractivity contribution in [2.24, 2.45) is 17.8 Å². The van der Waals surface area contributed by atoms with Gasteiger partial charge < -0.3 is 5.11 Å². The van der Waals surface area contributed by atoms with Gasteiger partial charge in [0.1, 0.15) is 0 Å². The maximum atomic E-state index is 9.47. The molecule has 0 aliphatic heterocycles. The average molecular weight is 228 g/mol. The van der Waals surface area contributed by atoms with Gasteiger partial charge >= 0.3 is 0 Å². The third-order valence-corrected chi connectivity index (χ3v) is 3.38. The van der Waals surface area contributed by atoms with Gasteiger partial charge in [0.2, 0.25) is 0 Å². The molecule has 0 heterocycles. The van der Waals surface area contributed by atoms with Gasteiger partial charge in [0.25, 0.3) is 0 Å². The van der Waals surface area contributed by atoms with Crippen LogP contribution in [0.15, 0.2) is 0 Å². The molecule has 0 rings (SSSR count). The van der Waals surface area contributed by atoms with Crippen LogP contribution in [0.1, 0.15) is 73.1 Å². The van der Waals surface area contributed by atoms with E-state index in [0.29, 0.717) is 0 Å². The zero-order valence-electron chi connectivity index (χ0n) is 12.0. The number of aliphatic hydroxyl groups excluding tert-OH is 1. The van der Waals surface area contributed by atoms with Gasteiger partial charge in [0.15, 0.2) is 0 Å². The maximum absolute atomic E-state index is 9.47. The van der Waals surface area contributed by atoms with E-state index in [0.717, 1.165) is 30.6 Å². The van der Waals surface area contributed by atoms with Gasteiger partial charge in [-0.25, -0.2) is 0 Å². The third-order valence-electron chi connectivity index (χ3n) is 3.38. The minimum absolute atomic E-state index is 0.0692. The number of rotatable bonds is 9. The van der Waals surface area contributed by atoms with Crippen LogP contribution in [-0.2, 0) is 0 Å². The van der Waals surface area contributed by atoms with E-state index in [2.05, 4.69) is 34.6 Å². The smallest absolute Gasteiger partial charge is 0.0537 e. The summed E-state index contributed by atoms with van der Waals surface area (Å²) in [4.78, 5) is 0. The molecule has 0 aliphatic rings. The molecule has 1 nitrogen and oxygen atoms in total. The molecule has 0 bridgehead atoms. The Labute approximate surface area is 103 Å². The largest absolute Gasteiger partial charge is 0.393 e. The molecule has 1 N–H and O–H groups in total. The fourth-order valence-corrected chi connectivity index (χ4v) is 2.61. The molecule has 1 heteroatoms. The normalized spacial score (nSPS) is 17.4. The van der Waals surface area contributed by atoms with Crippen LogP contribution in [-0.4, -0.2) is 11.2 Å². The molecule has 0 radical (unpaired) electrons. The summed E-state index contributed by atoms with van der Waals surface area (Å²) >= 11 is 0. The first-order valence-corrected chi connectivity index (χ1v) is 7.13. The first kappa shape index (κ1) is 16.0. The molecule has 0 spiro atoms. The molecule has 0 fully saturated rings. The molecule has 16 heavy (non-hydrogen) atoms. The summed E-state index contributed by atoms with van der Waals surface area (Å²) in [7, 11) is 0. The highest BCUT2D eigenvalue weighted by atomic mass is 16.3. The van der Waals surface area contributed by atoms with Gasteiger partial charge in [-0.15, -0.1) is 0 Å². The molecule has 0 aromatic heterocycles. The fourth-order valence-electron chi connectivity index (χ4n) is 2.61. The van der Waals surface area contributed by atoms with Crippen LogP contribution < -0.4 is 0 Å². The van der Waals surface area contributed by atoms with Gasteiger partial charge in [-0.2, -0.15) is 0 Å². The van der Waals surface area contributed by atoms with Crippen molar-refractivity contribution >= 4 is 0 Å². The van der Waals surface area contributed by atoms with E-state index < -0.39 is 0 Å². The predicted molar refractivity (Wildman–Crippen MR) is 72.5 cm³/mol. The molecule has 0 aliphatic carbocycles. The Kier molecular flexibility index (Phi) is 9.02. The highest BCUT2D eigenvalue weighted by molar-refractivity contribution is 4.63. The van der Waals surface area contributed by atoms with Gasteiger partial charge in [0, 0.05) is 0 Å². The van der Waals surface area contributed by atoms with E-state index in [1.807, 2.05) is 0 Å². The van der Waals surface area contributed by atoms with Gasteiger partial charge in [0.05, 0.1) is 6.10 Å². The quantitative estimate of drug-likeness (QED) is 0.609. The van der Waals surface area contributed by atoms with Gasteiger partial charge in [-0.1, -0.05) is 47.5 Å². The van der Waals surface area contributed by atoms with Crippen molar-refractivity contribution in [2.45, 2.75) is 79.2 Å². The summed E-state index contributed by atoms with van der Waals surface area (Å²) in [5.74, 6) is 2.49. The van der Waals surface area contributed by atoms with E-state index in [9.17, 15) is 5.11 Å². The molecular weight excluding hydrogens is 196 g/mol. The van der Waals surface area contributed by atoms with Crippen LogP contribution in [0.25, 0.3) is 0 Å². The lowest BCUT2D eigenvalue weighted by Gasteiger charge is -2.19. The van der Waals surface area contributed by atoms with Gasteiger partial charge in [-0.3, -0.25) is 0 Å². The molecule has 0 aromatic carbocycles. The zero-order valence-corrected chi connectivity index (χ0v) is 12.0. The molecular formula is C15H32O. The summed E-state index contributed by atoms with van der Waals surface area (Å²) in [5.41, 5.74) is 0. The number of aliphatic hydroxyl groups is 1. The summed E-state index contributed by atoms with van der Waals surface area (Å²) in [6.45, 7) is 11.4. The molecule has 0 aromatic rings. The zero-order chi connectivity index (χ0) is 12.6. The number of hydrogen-bond donors (Lipinski definition) is 1. The van der Waals surface area contributed by atoms with Crippen molar-refractivity contribution in [1.29, 1.82) is 0 Å².